The van der Waals surface area contributed by atoms with E-state index < -0.39 is 17.6 Å². The van der Waals surface area contributed by atoms with Crippen molar-refractivity contribution in [3.8, 4) is 0 Å². The second-order valence-corrected chi connectivity index (χ2v) is 8.52. The van der Waals surface area contributed by atoms with Crippen LogP contribution in [0.1, 0.15) is 40.7 Å². The monoisotopic (exact) mass is 383 g/mol. The maximum absolute atomic E-state index is 14.5. The van der Waals surface area contributed by atoms with Gasteiger partial charge in [-0.3, -0.25) is 14.9 Å². The molecule has 8 heteroatoms. The minimum absolute atomic E-state index is 0.0563. The van der Waals surface area contributed by atoms with E-state index in [4.69, 9.17) is 5.21 Å². The van der Waals surface area contributed by atoms with Gasteiger partial charge < -0.3 is 4.90 Å². The number of nitrogens with zero attached hydrogens (tertiary/aromatic N) is 2. The van der Waals surface area contributed by atoms with Crippen LogP contribution in [0.25, 0.3) is 0 Å². The number of carbonyl (C=O) groups is 1. The topological polar surface area (TPSA) is 55.8 Å². The van der Waals surface area contributed by atoms with Crippen LogP contribution in [0, 0.1) is 11.2 Å². The van der Waals surface area contributed by atoms with Gasteiger partial charge in [0.25, 0.3) is 11.8 Å². The number of hydrogen-bond acceptors (Lipinski definition) is 4. The fourth-order valence-corrected chi connectivity index (χ4v) is 5.30. The molecule has 1 saturated heterocycles. The lowest BCUT2D eigenvalue weighted by Gasteiger charge is -2.57. The van der Waals surface area contributed by atoms with E-state index in [1.54, 1.807) is 18.0 Å². The number of likely N-dealkylation sites (tertiary alicyclic amines) is 1. The second kappa shape index (κ2) is 6.46. The molecule has 2 aliphatic heterocycles. The summed E-state index contributed by atoms with van der Waals surface area (Å²) in [7, 11) is 1.74. The summed E-state index contributed by atoms with van der Waals surface area (Å²) < 4.78 is 42.4. The Balaban J connectivity index is 1.45. The lowest BCUT2D eigenvalue weighted by molar-refractivity contribution is -0.153. The van der Waals surface area contributed by atoms with Crippen molar-refractivity contribution < 1.29 is 23.2 Å². The summed E-state index contributed by atoms with van der Waals surface area (Å²) in [5, 5.41) is 8.73. The minimum Gasteiger partial charge on any atom is -0.300 e. The number of fused-ring (bicyclic) bond motifs is 1. The van der Waals surface area contributed by atoms with Crippen molar-refractivity contribution in [2.24, 2.45) is 5.41 Å². The number of hydrogen-bond donors (Lipinski definition) is 2. The number of rotatable bonds is 2. The van der Waals surface area contributed by atoms with E-state index >= 15 is 0 Å². The Morgan fingerprint density at radius 1 is 1.30 bits per heavy atom. The van der Waals surface area contributed by atoms with Crippen LogP contribution in [0.4, 0.5) is 13.2 Å². The third-order valence-corrected chi connectivity index (χ3v) is 6.28. The quantitative estimate of drug-likeness (QED) is 0.608. The molecular formula is C19H24F3N3O2. The van der Waals surface area contributed by atoms with E-state index in [-0.39, 0.29) is 30.0 Å². The van der Waals surface area contributed by atoms with E-state index in [1.807, 2.05) is 0 Å². The lowest BCUT2D eigenvalue weighted by Crippen LogP contribution is -2.61. The second-order valence-electron chi connectivity index (χ2n) is 8.52. The van der Waals surface area contributed by atoms with Crippen LogP contribution in [-0.4, -0.2) is 59.6 Å². The van der Waals surface area contributed by atoms with E-state index in [2.05, 4.69) is 4.90 Å². The molecular weight excluding hydrogens is 359 g/mol. The summed E-state index contributed by atoms with van der Waals surface area (Å²) in [6.07, 6.45) is 1.97. The number of halogens is 3. The Morgan fingerprint density at radius 3 is 2.70 bits per heavy atom. The number of alkyl halides is 2. The van der Waals surface area contributed by atoms with E-state index in [0.29, 0.717) is 31.6 Å². The molecule has 0 atom stereocenters. The first kappa shape index (κ1) is 18.7. The van der Waals surface area contributed by atoms with Gasteiger partial charge >= 0.3 is 0 Å². The van der Waals surface area contributed by atoms with Crippen LogP contribution in [-0.2, 0) is 13.0 Å². The molecule has 0 aromatic heterocycles. The van der Waals surface area contributed by atoms with Crippen molar-refractivity contribution in [1.29, 1.82) is 0 Å². The van der Waals surface area contributed by atoms with Gasteiger partial charge in [0.15, 0.2) is 0 Å². The Bertz CT molecular complexity index is 765. The van der Waals surface area contributed by atoms with Gasteiger partial charge in [-0.15, -0.1) is 0 Å². The van der Waals surface area contributed by atoms with Crippen molar-refractivity contribution in [1.82, 2.24) is 15.3 Å². The maximum Gasteiger partial charge on any atom is 0.274 e. The molecule has 1 aromatic rings. The number of benzene rings is 1. The molecule has 1 spiro atoms. The standard InChI is InChI=1S/C19H24F3N3O2/c1-24-10-18(9-19(21,22)11-24)6-14(7-18)25-3-2-12-4-13(17(26)23-27)5-16(20)15(12)8-25/h4-5,14,27H,2-3,6-11H2,1H3,(H,23,26). The summed E-state index contributed by atoms with van der Waals surface area (Å²) in [4.78, 5) is 15.4. The van der Waals surface area contributed by atoms with Gasteiger partial charge in [-0.1, -0.05) is 0 Å². The minimum atomic E-state index is -2.64. The molecule has 1 aromatic carbocycles. The van der Waals surface area contributed by atoms with Gasteiger partial charge in [0, 0.05) is 43.2 Å². The molecule has 27 heavy (non-hydrogen) atoms. The van der Waals surface area contributed by atoms with Crippen LogP contribution in [0.15, 0.2) is 12.1 Å². The number of hydroxylamine groups is 1. The largest absolute Gasteiger partial charge is 0.300 e. The summed E-state index contributed by atoms with van der Waals surface area (Å²) in [6, 6.07) is 2.94. The molecule has 1 amide bonds. The summed E-state index contributed by atoms with van der Waals surface area (Å²) in [5.41, 5.74) is 2.61. The molecule has 2 N–H and O–H groups in total. The van der Waals surface area contributed by atoms with Crippen LogP contribution in [0.2, 0.25) is 0 Å². The molecule has 1 aliphatic carbocycles. The molecule has 0 bridgehead atoms. The summed E-state index contributed by atoms with van der Waals surface area (Å²) in [6.45, 7) is 1.65. The maximum atomic E-state index is 14.5. The van der Waals surface area contributed by atoms with Crippen molar-refractivity contribution in [2.75, 3.05) is 26.7 Å². The van der Waals surface area contributed by atoms with Gasteiger partial charge in [-0.25, -0.2) is 18.7 Å². The molecule has 0 unspecified atom stereocenters. The first-order valence-electron chi connectivity index (χ1n) is 9.26. The summed E-state index contributed by atoms with van der Waals surface area (Å²) in [5.74, 6) is -3.83. The molecule has 148 valence electrons. The predicted molar refractivity (Wildman–Crippen MR) is 92.3 cm³/mol. The Hall–Kier alpha value is -1.64. The average Bonchev–Trinajstić information content (AvgIpc) is 2.56. The highest BCUT2D eigenvalue weighted by atomic mass is 19.3. The van der Waals surface area contributed by atoms with Crippen LogP contribution in [0.3, 0.4) is 0 Å². The zero-order valence-electron chi connectivity index (χ0n) is 15.3. The molecule has 0 radical (unpaired) electrons. The molecule has 1 saturated carbocycles. The number of piperidine rings is 1. The molecule has 4 rings (SSSR count). The van der Waals surface area contributed by atoms with Crippen LogP contribution in [0.5, 0.6) is 0 Å². The fourth-order valence-electron chi connectivity index (χ4n) is 5.30. The SMILES string of the molecule is CN1CC(F)(F)CC2(CC(N3CCc4cc(C(=O)NO)cc(F)c4C3)C2)C1. The van der Waals surface area contributed by atoms with E-state index in [1.165, 1.54) is 5.48 Å². The highest BCUT2D eigenvalue weighted by Crippen LogP contribution is 2.53. The van der Waals surface area contributed by atoms with Crippen LogP contribution < -0.4 is 5.48 Å². The Morgan fingerprint density at radius 2 is 2.04 bits per heavy atom. The average molecular weight is 383 g/mol. The first-order valence-corrected chi connectivity index (χ1v) is 9.26. The molecule has 2 heterocycles. The zero-order chi connectivity index (χ0) is 19.4. The van der Waals surface area contributed by atoms with Gasteiger partial charge in [0.05, 0.1) is 6.54 Å². The normalized spacial score (nSPS) is 30.6. The predicted octanol–water partition coefficient (Wildman–Crippen LogP) is 2.42. The highest BCUT2D eigenvalue weighted by molar-refractivity contribution is 5.93. The van der Waals surface area contributed by atoms with Gasteiger partial charge in [0.2, 0.25) is 0 Å². The molecule has 3 aliphatic rings. The van der Waals surface area contributed by atoms with Crippen molar-refractivity contribution >= 4 is 5.91 Å². The fraction of sp³-hybridized carbons (Fsp3) is 0.632. The Kier molecular flexibility index (Phi) is 4.48. The van der Waals surface area contributed by atoms with Crippen molar-refractivity contribution in [2.45, 2.75) is 44.2 Å². The zero-order valence-corrected chi connectivity index (χ0v) is 15.3. The van der Waals surface area contributed by atoms with Gasteiger partial charge in [0.1, 0.15) is 5.82 Å². The van der Waals surface area contributed by atoms with Crippen LogP contribution >= 0.6 is 0 Å². The van der Waals surface area contributed by atoms with Gasteiger partial charge in [-0.05, 0) is 49.4 Å². The lowest BCUT2D eigenvalue weighted by atomic mass is 9.60. The van der Waals surface area contributed by atoms with E-state index in [0.717, 1.165) is 24.5 Å². The smallest absolute Gasteiger partial charge is 0.274 e. The van der Waals surface area contributed by atoms with Gasteiger partial charge in [-0.2, -0.15) is 0 Å². The molecule has 2 fully saturated rings. The van der Waals surface area contributed by atoms with E-state index in [9.17, 15) is 18.0 Å². The third-order valence-electron chi connectivity index (χ3n) is 6.28. The number of carbonyl (C=O) groups excluding carboxylic acids is 1. The Labute approximate surface area is 156 Å². The number of nitrogens with one attached hydrogen (secondary N) is 1. The first-order chi connectivity index (χ1) is 12.7. The van der Waals surface area contributed by atoms with Crippen molar-refractivity contribution in [3.05, 3.63) is 34.6 Å². The highest BCUT2D eigenvalue weighted by Gasteiger charge is 2.55. The summed E-state index contributed by atoms with van der Waals surface area (Å²) >= 11 is 0. The third kappa shape index (κ3) is 3.46. The molecule has 5 nitrogen and oxygen atoms in total. The van der Waals surface area contributed by atoms with Crippen molar-refractivity contribution in [3.63, 3.8) is 0 Å². The number of amides is 1.